The first-order valence-corrected chi connectivity index (χ1v) is 12.3. The number of fused-ring (bicyclic) bond motifs is 2. The van der Waals surface area contributed by atoms with Crippen LogP contribution < -0.4 is 16.6 Å². The zero-order valence-corrected chi connectivity index (χ0v) is 20.3. The number of benzene rings is 1. The van der Waals surface area contributed by atoms with Crippen molar-refractivity contribution in [2.45, 2.75) is 37.8 Å². The molecule has 1 saturated carbocycles. The molecule has 0 spiro atoms. The molecule has 0 bridgehead atoms. The van der Waals surface area contributed by atoms with E-state index in [-0.39, 0.29) is 28.7 Å². The number of pyridine rings is 2. The summed E-state index contributed by atoms with van der Waals surface area (Å²) in [5.74, 6) is -3.36. The molecular formula is C27H21F3N6O3. The van der Waals surface area contributed by atoms with E-state index in [2.05, 4.69) is 20.3 Å². The second-order valence-corrected chi connectivity index (χ2v) is 9.52. The van der Waals surface area contributed by atoms with Crippen LogP contribution in [0.4, 0.5) is 13.2 Å². The highest BCUT2D eigenvalue weighted by molar-refractivity contribution is 5.97. The SMILES string of the molecule is O=C(N[C@H]1CC[C@@H](n2c(=O)c3cc(F)cnc3n(-c3ccc(F)c(F)c3)c2=O)CC1)c1cc2cccnc2[nH]1. The molecule has 4 aromatic heterocycles. The van der Waals surface area contributed by atoms with Crippen molar-refractivity contribution in [3.05, 3.63) is 98.8 Å². The van der Waals surface area contributed by atoms with E-state index in [1.165, 1.54) is 6.07 Å². The normalized spacial score (nSPS) is 17.5. The first-order valence-electron chi connectivity index (χ1n) is 12.3. The van der Waals surface area contributed by atoms with Gasteiger partial charge in [-0.25, -0.2) is 32.5 Å². The van der Waals surface area contributed by atoms with E-state index in [0.717, 1.165) is 38.9 Å². The maximum atomic E-state index is 14.1. The minimum absolute atomic E-state index is 0.0504. The average molecular weight is 534 g/mol. The smallest absolute Gasteiger partial charge is 0.337 e. The van der Waals surface area contributed by atoms with E-state index in [4.69, 9.17) is 0 Å². The summed E-state index contributed by atoms with van der Waals surface area (Å²) in [6, 6.07) is 8.42. The molecule has 1 aliphatic rings. The molecular weight excluding hydrogens is 513 g/mol. The maximum Gasteiger partial charge on any atom is 0.337 e. The molecule has 4 heterocycles. The van der Waals surface area contributed by atoms with Gasteiger partial charge in [-0.15, -0.1) is 0 Å². The zero-order valence-electron chi connectivity index (χ0n) is 20.3. The van der Waals surface area contributed by atoms with Crippen molar-refractivity contribution in [3.63, 3.8) is 0 Å². The minimum Gasteiger partial charge on any atom is -0.348 e. The topological polar surface area (TPSA) is 115 Å². The second-order valence-electron chi connectivity index (χ2n) is 9.52. The summed E-state index contributed by atoms with van der Waals surface area (Å²) in [6.45, 7) is 0. The predicted molar refractivity (Wildman–Crippen MR) is 136 cm³/mol. The van der Waals surface area contributed by atoms with Crippen LogP contribution in [-0.4, -0.2) is 36.0 Å². The van der Waals surface area contributed by atoms with E-state index >= 15 is 0 Å². The standard InChI is InChI=1S/C27H21F3N6O3/c28-15-11-19-24(32-13-15)35(18-7-8-20(29)21(30)12-18)27(39)36(26(19)38)17-5-3-16(4-6-17)33-25(37)22-10-14-2-1-9-31-23(14)34-22/h1-2,7-13,16-17H,3-6H2,(H,31,34)(H,33,37)/t16-,17+. The van der Waals surface area contributed by atoms with Crippen molar-refractivity contribution in [2.75, 3.05) is 0 Å². The van der Waals surface area contributed by atoms with E-state index in [1.54, 1.807) is 18.3 Å². The number of H-pyrrole nitrogens is 1. The van der Waals surface area contributed by atoms with E-state index in [9.17, 15) is 27.6 Å². The molecule has 0 saturated heterocycles. The van der Waals surface area contributed by atoms with Crippen LogP contribution in [0.1, 0.15) is 42.2 Å². The lowest BCUT2D eigenvalue weighted by Gasteiger charge is -2.30. The first kappa shape index (κ1) is 24.6. The third kappa shape index (κ3) is 4.37. The maximum absolute atomic E-state index is 14.1. The molecule has 9 nitrogen and oxygen atoms in total. The van der Waals surface area contributed by atoms with E-state index in [0.29, 0.717) is 37.0 Å². The van der Waals surface area contributed by atoms with Gasteiger partial charge in [-0.3, -0.25) is 14.2 Å². The molecule has 1 amide bonds. The fraction of sp³-hybridized carbons (Fsp3) is 0.222. The fourth-order valence-electron chi connectivity index (χ4n) is 5.18. The number of hydrogen-bond acceptors (Lipinski definition) is 5. The Labute approximate surface area is 217 Å². The van der Waals surface area contributed by atoms with Crippen LogP contribution in [0.3, 0.4) is 0 Å². The Morgan fingerprint density at radius 2 is 1.77 bits per heavy atom. The predicted octanol–water partition coefficient (Wildman–Crippen LogP) is 3.75. The zero-order chi connectivity index (χ0) is 27.3. The van der Waals surface area contributed by atoms with Crippen molar-refractivity contribution in [1.82, 2.24) is 29.4 Å². The lowest BCUT2D eigenvalue weighted by Crippen LogP contribution is -2.45. The second kappa shape index (κ2) is 9.53. The number of hydrogen-bond donors (Lipinski definition) is 2. The molecule has 5 aromatic rings. The highest BCUT2D eigenvalue weighted by Gasteiger charge is 2.28. The molecule has 12 heteroatoms. The van der Waals surface area contributed by atoms with Gasteiger partial charge < -0.3 is 10.3 Å². The van der Waals surface area contributed by atoms with Crippen molar-refractivity contribution in [2.24, 2.45) is 0 Å². The number of aromatic amines is 1. The monoisotopic (exact) mass is 534 g/mol. The highest BCUT2D eigenvalue weighted by Crippen LogP contribution is 2.28. The molecule has 0 aliphatic heterocycles. The largest absolute Gasteiger partial charge is 0.348 e. The Morgan fingerprint density at radius 3 is 2.51 bits per heavy atom. The molecule has 1 aromatic carbocycles. The van der Waals surface area contributed by atoms with Gasteiger partial charge in [0.05, 0.1) is 17.3 Å². The van der Waals surface area contributed by atoms with Gasteiger partial charge in [0.1, 0.15) is 17.2 Å². The van der Waals surface area contributed by atoms with Crippen molar-refractivity contribution in [3.8, 4) is 5.69 Å². The number of aromatic nitrogens is 5. The summed E-state index contributed by atoms with van der Waals surface area (Å²) in [7, 11) is 0. The third-order valence-electron chi connectivity index (χ3n) is 7.09. The molecule has 0 unspecified atom stereocenters. The van der Waals surface area contributed by atoms with Crippen molar-refractivity contribution < 1.29 is 18.0 Å². The van der Waals surface area contributed by atoms with Crippen LogP contribution >= 0.6 is 0 Å². The van der Waals surface area contributed by atoms with Crippen molar-refractivity contribution >= 4 is 28.0 Å². The Kier molecular flexibility index (Phi) is 6.01. The number of nitrogens with one attached hydrogen (secondary N) is 2. The number of rotatable bonds is 4. The summed E-state index contributed by atoms with van der Waals surface area (Å²) in [5.41, 5.74) is -0.756. The lowest BCUT2D eigenvalue weighted by atomic mass is 9.90. The van der Waals surface area contributed by atoms with Crippen LogP contribution in [0.5, 0.6) is 0 Å². The summed E-state index contributed by atoms with van der Waals surface area (Å²) in [5, 5.41) is 3.62. The number of carbonyl (C=O) groups excluding carboxylic acids is 1. The Balaban J connectivity index is 1.30. The Bertz CT molecular complexity index is 1840. The van der Waals surface area contributed by atoms with Crippen LogP contribution in [0.2, 0.25) is 0 Å². The van der Waals surface area contributed by atoms with Gasteiger partial charge in [-0.2, -0.15) is 0 Å². The van der Waals surface area contributed by atoms with Gasteiger partial charge in [0, 0.05) is 29.7 Å². The lowest BCUT2D eigenvalue weighted by molar-refractivity contribution is 0.0917. The van der Waals surface area contributed by atoms with E-state index < -0.39 is 34.7 Å². The quantitative estimate of drug-likeness (QED) is 0.365. The molecule has 2 N–H and O–H groups in total. The van der Waals surface area contributed by atoms with Gasteiger partial charge in [-0.05, 0) is 62.1 Å². The Morgan fingerprint density at radius 1 is 0.974 bits per heavy atom. The molecule has 1 fully saturated rings. The minimum atomic E-state index is -1.19. The van der Waals surface area contributed by atoms with E-state index in [1.807, 2.05) is 6.07 Å². The number of halogens is 3. The summed E-state index contributed by atoms with van der Waals surface area (Å²) in [4.78, 5) is 50.9. The molecule has 0 atom stereocenters. The highest BCUT2D eigenvalue weighted by atomic mass is 19.2. The average Bonchev–Trinajstić information content (AvgIpc) is 3.37. The van der Waals surface area contributed by atoms with Crippen LogP contribution in [-0.2, 0) is 0 Å². The molecule has 198 valence electrons. The van der Waals surface area contributed by atoms with Crippen LogP contribution in [0.15, 0.2) is 64.4 Å². The van der Waals surface area contributed by atoms with Crippen LogP contribution in [0.25, 0.3) is 27.8 Å². The van der Waals surface area contributed by atoms with Gasteiger partial charge in [0.2, 0.25) is 0 Å². The molecule has 39 heavy (non-hydrogen) atoms. The van der Waals surface area contributed by atoms with Gasteiger partial charge in [0.25, 0.3) is 11.5 Å². The summed E-state index contributed by atoms with van der Waals surface area (Å²) >= 11 is 0. The number of nitrogens with zero attached hydrogens (tertiary/aromatic N) is 4. The van der Waals surface area contributed by atoms with Gasteiger partial charge in [-0.1, -0.05) is 0 Å². The number of amides is 1. The van der Waals surface area contributed by atoms with Crippen molar-refractivity contribution in [1.29, 1.82) is 0 Å². The van der Waals surface area contributed by atoms with Gasteiger partial charge in [0.15, 0.2) is 17.3 Å². The number of carbonyl (C=O) groups is 1. The first-order chi connectivity index (χ1) is 18.8. The van der Waals surface area contributed by atoms with Gasteiger partial charge >= 0.3 is 5.69 Å². The van der Waals surface area contributed by atoms with Crippen LogP contribution in [0, 0.1) is 17.5 Å². The molecule has 6 rings (SSSR count). The molecule has 0 radical (unpaired) electrons. The summed E-state index contributed by atoms with van der Waals surface area (Å²) < 4.78 is 43.7. The fourth-order valence-corrected chi connectivity index (χ4v) is 5.18. The Hall–Kier alpha value is -4.74. The third-order valence-corrected chi connectivity index (χ3v) is 7.09. The molecule has 1 aliphatic carbocycles. The summed E-state index contributed by atoms with van der Waals surface area (Å²) in [6.07, 6.45) is 4.18.